The number of hydrogen-bond acceptors (Lipinski definition) is 2. The molecule has 10 aromatic carbocycles. The lowest BCUT2D eigenvalue weighted by Gasteiger charge is -2.30. The summed E-state index contributed by atoms with van der Waals surface area (Å²) >= 11 is 0. The zero-order valence-corrected chi connectivity index (χ0v) is 32.9. The summed E-state index contributed by atoms with van der Waals surface area (Å²) in [7, 11) is 0. The summed E-state index contributed by atoms with van der Waals surface area (Å²) in [6.45, 7) is 4.74. The van der Waals surface area contributed by atoms with Gasteiger partial charge in [-0.25, -0.2) is 0 Å². The molecule has 0 spiro atoms. The van der Waals surface area contributed by atoms with Gasteiger partial charge in [-0.15, -0.1) is 0 Å². The quantitative estimate of drug-likeness (QED) is 0.174. The molecule has 2 nitrogen and oxygen atoms in total. The van der Waals surface area contributed by atoms with Gasteiger partial charge in [0.1, 0.15) is 11.2 Å². The van der Waals surface area contributed by atoms with Crippen LogP contribution in [0.3, 0.4) is 0 Å². The Morgan fingerprint density at radius 2 is 0.966 bits per heavy atom. The first-order valence-corrected chi connectivity index (χ1v) is 20.5. The number of hydrogen-bond donors (Lipinski definition) is 0. The largest absolute Gasteiger partial charge is 0.456 e. The fourth-order valence-electron chi connectivity index (χ4n) is 9.79. The van der Waals surface area contributed by atoms with Gasteiger partial charge in [0, 0.05) is 33.1 Å². The van der Waals surface area contributed by atoms with Gasteiger partial charge in [-0.05, 0) is 138 Å². The highest BCUT2D eigenvalue weighted by molar-refractivity contribution is 6.08. The van der Waals surface area contributed by atoms with Gasteiger partial charge in [-0.1, -0.05) is 147 Å². The Hall–Kier alpha value is -7.42. The van der Waals surface area contributed by atoms with Crippen molar-refractivity contribution in [3.63, 3.8) is 0 Å². The molecule has 0 N–H and O–H groups in total. The van der Waals surface area contributed by atoms with Crippen molar-refractivity contribution in [3.8, 4) is 33.4 Å². The number of rotatable bonds is 5. The molecule has 278 valence electrons. The van der Waals surface area contributed by atoms with Gasteiger partial charge in [0.15, 0.2) is 0 Å². The third kappa shape index (κ3) is 5.26. The summed E-state index contributed by atoms with van der Waals surface area (Å²) in [6, 6.07) is 73.5. The van der Waals surface area contributed by atoms with E-state index in [1.54, 1.807) is 0 Å². The third-order valence-corrected chi connectivity index (χ3v) is 12.8. The SMILES string of the molecule is CC1(C)c2ccc(N(c3ccc(-c4ccc5oc6ccccc6c5c4)cc3)c3ccc4ccccc4c3-c3ccc4ccccc4c3)cc2-c2cc3ccccc3cc21. The number of para-hydroxylation sites is 1. The van der Waals surface area contributed by atoms with Crippen LogP contribution in [0.2, 0.25) is 0 Å². The van der Waals surface area contributed by atoms with Gasteiger partial charge in [0.25, 0.3) is 0 Å². The molecule has 1 aromatic heterocycles. The van der Waals surface area contributed by atoms with E-state index in [1.807, 2.05) is 12.1 Å². The van der Waals surface area contributed by atoms with Crippen LogP contribution in [0.4, 0.5) is 17.1 Å². The number of furan rings is 1. The van der Waals surface area contributed by atoms with E-state index in [1.165, 1.54) is 65.7 Å². The van der Waals surface area contributed by atoms with Crippen LogP contribution in [0.15, 0.2) is 205 Å². The number of nitrogens with zero attached hydrogens (tertiary/aromatic N) is 1. The minimum Gasteiger partial charge on any atom is -0.456 e. The van der Waals surface area contributed by atoms with E-state index in [9.17, 15) is 0 Å². The molecule has 0 saturated heterocycles. The Morgan fingerprint density at radius 1 is 0.373 bits per heavy atom. The van der Waals surface area contributed by atoms with Crippen LogP contribution in [-0.2, 0) is 5.41 Å². The van der Waals surface area contributed by atoms with Crippen molar-refractivity contribution in [1.82, 2.24) is 0 Å². The first-order valence-electron chi connectivity index (χ1n) is 20.5. The van der Waals surface area contributed by atoms with Gasteiger partial charge in [0.2, 0.25) is 0 Å². The van der Waals surface area contributed by atoms with E-state index in [4.69, 9.17) is 4.42 Å². The highest BCUT2D eigenvalue weighted by Gasteiger charge is 2.36. The summed E-state index contributed by atoms with van der Waals surface area (Å²) in [5, 5.41) is 9.72. The summed E-state index contributed by atoms with van der Waals surface area (Å²) in [4.78, 5) is 2.47. The lowest BCUT2D eigenvalue weighted by molar-refractivity contribution is 0.661. The Morgan fingerprint density at radius 3 is 1.78 bits per heavy atom. The highest BCUT2D eigenvalue weighted by atomic mass is 16.3. The number of fused-ring (bicyclic) bond motifs is 9. The lowest BCUT2D eigenvalue weighted by Crippen LogP contribution is -2.15. The summed E-state index contributed by atoms with van der Waals surface area (Å²) < 4.78 is 6.17. The third-order valence-electron chi connectivity index (χ3n) is 12.8. The molecule has 0 bridgehead atoms. The maximum absolute atomic E-state index is 6.17. The Kier molecular flexibility index (Phi) is 7.31. The van der Waals surface area contributed by atoms with Gasteiger partial charge in [-0.2, -0.15) is 0 Å². The van der Waals surface area contributed by atoms with Crippen molar-refractivity contribution in [1.29, 1.82) is 0 Å². The Labute approximate surface area is 343 Å². The van der Waals surface area contributed by atoms with E-state index in [0.717, 1.165) is 50.1 Å². The first kappa shape index (κ1) is 33.7. The summed E-state index contributed by atoms with van der Waals surface area (Å²) in [5.74, 6) is 0. The normalized spacial score (nSPS) is 13.1. The molecule has 0 atom stereocenters. The van der Waals surface area contributed by atoms with Crippen LogP contribution in [-0.4, -0.2) is 0 Å². The van der Waals surface area contributed by atoms with Crippen molar-refractivity contribution in [2.75, 3.05) is 4.90 Å². The molecule has 0 radical (unpaired) electrons. The minimum absolute atomic E-state index is 0.125. The maximum atomic E-state index is 6.17. The zero-order chi connectivity index (χ0) is 39.2. The predicted octanol–water partition coefficient (Wildman–Crippen LogP) is 16.2. The van der Waals surface area contributed by atoms with Crippen LogP contribution in [0.5, 0.6) is 0 Å². The van der Waals surface area contributed by atoms with Crippen LogP contribution in [0.1, 0.15) is 25.0 Å². The lowest BCUT2D eigenvalue weighted by atomic mass is 9.82. The van der Waals surface area contributed by atoms with Gasteiger partial charge in [0.05, 0.1) is 5.69 Å². The first-order chi connectivity index (χ1) is 29.0. The predicted molar refractivity (Wildman–Crippen MR) is 249 cm³/mol. The molecule has 0 fully saturated rings. The molecule has 0 aliphatic heterocycles. The fourth-order valence-corrected chi connectivity index (χ4v) is 9.79. The number of anilines is 3. The minimum atomic E-state index is -0.125. The molecule has 1 aliphatic rings. The molecular weight excluding hydrogens is 715 g/mol. The highest BCUT2D eigenvalue weighted by Crippen LogP contribution is 2.53. The van der Waals surface area contributed by atoms with Crippen LogP contribution < -0.4 is 4.90 Å². The molecule has 0 amide bonds. The van der Waals surface area contributed by atoms with E-state index in [-0.39, 0.29) is 5.41 Å². The molecular formula is C57H39NO. The van der Waals surface area contributed by atoms with Crippen molar-refractivity contribution >= 4 is 71.3 Å². The van der Waals surface area contributed by atoms with Gasteiger partial charge < -0.3 is 9.32 Å². The van der Waals surface area contributed by atoms with Crippen LogP contribution in [0.25, 0.3) is 87.6 Å². The topological polar surface area (TPSA) is 16.4 Å². The molecule has 0 saturated carbocycles. The van der Waals surface area contributed by atoms with E-state index >= 15 is 0 Å². The maximum Gasteiger partial charge on any atom is 0.135 e. The Bertz CT molecular complexity index is 3480. The van der Waals surface area contributed by atoms with Gasteiger partial charge in [-0.3, -0.25) is 0 Å². The van der Waals surface area contributed by atoms with E-state index in [0.29, 0.717) is 0 Å². The average molecular weight is 754 g/mol. The zero-order valence-electron chi connectivity index (χ0n) is 32.9. The van der Waals surface area contributed by atoms with Gasteiger partial charge >= 0.3 is 0 Å². The second-order valence-electron chi connectivity index (χ2n) is 16.5. The average Bonchev–Trinajstić information content (AvgIpc) is 3.76. The molecule has 1 heterocycles. The second kappa shape index (κ2) is 12.8. The smallest absolute Gasteiger partial charge is 0.135 e. The van der Waals surface area contributed by atoms with Crippen molar-refractivity contribution < 1.29 is 4.42 Å². The molecule has 59 heavy (non-hydrogen) atoms. The van der Waals surface area contributed by atoms with Crippen molar-refractivity contribution in [2.45, 2.75) is 19.3 Å². The van der Waals surface area contributed by atoms with E-state index < -0.39 is 0 Å². The van der Waals surface area contributed by atoms with Crippen molar-refractivity contribution in [3.05, 3.63) is 211 Å². The Balaban J connectivity index is 1.08. The summed E-state index contributed by atoms with van der Waals surface area (Å²) in [5.41, 5.74) is 15.1. The van der Waals surface area contributed by atoms with Crippen molar-refractivity contribution in [2.24, 2.45) is 0 Å². The molecule has 2 heteroatoms. The second-order valence-corrected chi connectivity index (χ2v) is 16.5. The molecule has 11 aromatic rings. The fraction of sp³-hybridized carbons (Fsp3) is 0.0526. The molecule has 1 aliphatic carbocycles. The number of benzene rings is 10. The van der Waals surface area contributed by atoms with Crippen LogP contribution >= 0.6 is 0 Å². The molecule has 12 rings (SSSR count). The summed E-state index contributed by atoms with van der Waals surface area (Å²) in [6.07, 6.45) is 0. The standard InChI is InChI=1S/C57H39NO/c1-57(2)51-28-27-45(35-49(51)48-32-40-14-5-6-15-41(40)34-52(48)57)58(44-25-21-37(22-26-44)42-24-30-55-50(33-42)47-17-9-10-18-54(47)59-55)53-29-23-38-12-7-8-16-46(38)56(53)43-20-19-36-11-3-4-13-39(36)31-43/h3-35H,1-2H3. The van der Waals surface area contributed by atoms with Crippen LogP contribution in [0, 0.1) is 0 Å². The monoisotopic (exact) mass is 753 g/mol. The van der Waals surface area contributed by atoms with E-state index in [2.05, 4.69) is 207 Å². The molecule has 0 unspecified atom stereocenters.